The molecule has 0 unspecified atom stereocenters. The summed E-state index contributed by atoms with van der Waals surface area (Å²) in [5, 5.41) is 9.52. The number of rotatable bonds is 3. The van der Waals surface area contributed by atoms with Crippen molar-refractivity contribution in [3.05, 3.63) is 0 Å². The highest BCUT2D eigenvalue weighted by Crippen LogP contribution is 2.43. The standard InChI is InChI=1S/C13H22O4/c1-6(8(3)14)12(15)10-5-16-13-11(10)7(2)9(4)17-13/h6-11,13-14H,5H2,1-4H3/t6-,7+,8+,9-,10-,11+,13+/m0/s1. The van der Waals surface area contributed by atoms with Crippen molar-refractivity contribution in [2.24, 2.45) is 23.7 Å². The Morgan fingerprint density at radius 3 is 2.59 bits per heavy atom. The molecule has 2 saturated heterocycles. The zero-order chi connectivity index (χ0) is 12.7. The van der Waals surface area contributed by atoms with E-state index in [1.165, 1.54) is 0 Å². The average molecular weight is 242 g/mol. The van der Waals surface area contributed by atoms with E-state index in [1.807, 2.05) is 6.92 Å². The Hall–Kier alpha value is -0.450. The number of fused-ring (bicyclic) bond motifs is 1. The third-order valence-corrected chi connectivity index (χ3v) is 4.45. The van der Waals surface area contributed by atoms with Gasteiger partial charge in [0, 0.05) is 17.8 Å². The molecular weight excluding hydrogens is 220 g/mol. The van der Waals surface area contributed by atoms with Crippen molar-refractivity contribution >= 4 is 5.78 Å². The number of hydrogen-bond donors (Lipinski definition) is 1. The molecule has 0 saturated carbocycles. The summed E-state index contributed by atoms with van der Waals surface area (Å²) in [7, 11) is 0. The van der Waals surface area contributed by atoms with Gasteiger partial charge in [0.25, 0.3) is 0 Å². The molecule has 1 N–H and O–H groups in total. The second kappa shape index (κ2) is 4.67. The summed E-state index contributed by atoms with van der Waals surface area (Å²) in [6.07, 6.45) is -0.686. The Morgan fingerprint density at radius 2 is 2.00 bits per heavy atom. The quantitative estimate of drug-likeness (QED) is 0.808. The Balaban J connectivity index is 2.10. The molecule has 17 heavy (non-hydrogen) atoms. The van der Waals surface area contributed by atoms with Crippen LogP contribution in [0.3, 0.4) is 0 Å². The van der Waals surface area contributed by atoms with Crippen LogP contribution in [-0.4, -0.2) is 36.0 Å². The van der Waals surface area contributed by atoms with Gasteiger partial charge in [-0.05, 0) is 19.8 Å². The van der Waals surface area contributed by atoms with Crippen LogP contribution in [0.5, 0.6) is 0 Å². The normalized spacial score (nSPS) is 44.4. The van der Waals surface area contributed by atoms with Gasteiger partial charge in [0.05, 0.1) is 18.8 Å². The van der Waals surface area contributed by atoms with Gasteiger partial charge >= 0.3 is 0 Å². The summed E-state index contributed by atoms with van der Waals surface area (Å²) in [6, 6.07) is 0. The molecule has 2 fully saturated rings. The predicted octanol–water partition coefficient (Wildman–Crippen LogP) is 1.22. The van der Waals surface area contributed by atoms with Gasteiger partial charge in [0.1, 0.15) is 5.78 Å². The Morgan fingerprint density at radius 1 is 1.35 bits per heavy atom. The average Bonchev–Trinajstić information content (AvgIpc) is 2.79. The summed E-state index contributed by atoms with van der Waals surface area (Å²) in [5.41, 5.74) is 0. The van der Waals surface area contributed by atoms with Gasteiger partial charge in [-0.3, -0.25) is 4.79 Å². The Bertz CT molecular complexity index is 300. The molecule has 0 spiro atoms. The highest BCUT2D eigenvalue weighted by Gasteiger charge is 2.52. The highest BCUT2D eigenvalue weighted by atomic mass is 16.7. The van der Waals surface area contributed by atoms with E-state index in [-0.39, 0.29) is 35.9 Å². The van der Waals surface area contributed by atoms with Crippen LogP contribution in [0, 0.1) is 23.7 Å². The van der Waals surface area contributed by atoms with Crippen LogP contribution in [0.15, 0.2) is 0 Å². The topological polar surface area (TPSA) is 55.8 Å². The summed E-state index contributed by atoms with van der Waals surface area (Å²) >= 11 is 0. The second-order valence-electron chi connectivity index (χ2n) is 5.52. The van der Waals surface area contributed by atoms with E-state index in [1.54, 1.807) is 13.8 Å². The number of aliphatic hydroxyl groups excluding tert-OH is 1. The summed E-state index contributed by atoms with van der Waals surface area (Å²) in [6.45, 7) is 8.00. The first-order chi connectivity index (χ1) is 7.93. The molecule has 0 radical (unpaired) electrons. The molecule has 7 atom stereocenters. The number of Topliss-reactive ketones (excluding diaryl/α,β-unsaturated/α-hetero) is 1. The minimum Gasteiger partial charge on any atom is -0.393 e. The van der Waals surface area contributed by atoms with Crippen molar-refractivity contribution in [1.29, 1.82) is 0 Å². The van der Waals surface area contributed by atoms with E-state index in [4.69, 9.17) is 9.47 Å². The SMILES string of the molecule is C[C@H]1[C@H]2[C@H](OC[C@@H]2C(=O)[C@@H](C)[C@@H](C)O)O[C@H]1C. The van der Waals surface area contributed by atoms with Crippen molar-refractivity contribution < 1.29 is 19.4 Å². The first-order valence-corrected chi connectivity index (χ1v) is 6.42. The first-order valence-electron chi connectivity index (χ1n) is 6.42. The number of aliphatic hydroxyl groups is 1. The molecule has 2 aliphatic rings. The van der Waals surface area contributed by atoms with Gasteiger partial charge in [0.15, 0.2) is 6.29 Å². The molecular formula is C13H22O4. The van der Waals surface area contributed by atoms with Gasteiger partial charge in [-0.15, -0.1) is 0 Å². The summed E-state index contributed by atoms with van der Waals surface area (Å²) < 4.78 is 11.2. The fraction of sp³-hybridized carbons (Fsp3) is 0.923. The van der Waals surface area contributed by atoms with Gasteiger partial charge in [-0.25, -0.2) is 0 Å². The van der Waals surface area contributed by atoms with Crippen LogP contribution in [0.1, 0.15) is 27.7 Å². The number of carbonyl (C=O) groups is 1. The largest absolute Gasteiger partial charge is 0.393 e. The number of ketones is 1. The van der Waals surface area contributed by atoms with Crippen LogP contribution >= 0.6 is 0 Å². The van der Waals surface area contributed by atoms with E-state index in [0.29, 0.717) is 12.5 Å². The predicted molar refractivity (Wildman–Crippen MR) is 62.3 cm³/mol. The lowest BCUT2D eigenvalue weighted by Gasteiger charge is -2.23. The molecule has 2 rings (SSSR count). The van der Waals surface area contributed by atoms with Crippen LogP contribution in [0.4, 0.5) is 0 Å². The minimum atomic E-state index is -0.600. The van der Waals surface area contributed by atoms with Crippen molar-refractivity contribution in [3.63, 3.8) is 0 Å². The molecule has 2 heterocycles. The van der Waals surface area contributed by atoms with E-state index in [2.05, 4.69) is 6.92 Å². The van der Waals surface area contributed by atoms with Gasteiger partial charge < -0.3 is 14.6 Å². The van der Waals surface area contributed by atoms with Crippen molar-refractivity contribution in [2.45, 2.75) is 46.2 Å². The van der Waals surface area contributed by atoms with E-state index in [9.17, 15) is 9.90 Å². The summed E-state index contributed by atoms with van der Waals surface area (Å²) in [5.74, 6) is 0.142. The van der Waals surface area contributed by atoms with Crippen LogP contribution in [0.2, 0.25) is 0 Å². The second-order valence-corrected chi connectivity index (χ2v) is 5.52. The summed E-state index contributed by atoms with van der Waals surface area (Å²) in [4.78, 5) is 12.3. The van der Waals surface area contributed by atoms with Crippen LogP contribution in [0.25, 0.3) is 0 Å². The molecule has 0 aliphatic carbocycles. The molecule has 4 nitrogen and oxygen atoms in total. The van der Waals surface area contributed by atoms with E-state index < -0.39 is 6.10 Å². The maximum Gasteiger partial charge on any atom is 0.161 e. The third kappa shape index (κ3) is 2.14. The molecule has 98 valence electrons. The minimum absolute atomic E-state index is 0.108. The number of carbonyl (C=O) groups excluding carboxylic acids is 1. The van der Waals surface area contributed by atoms with Gasteiger partial charge in [-0.1, -0.05) is 13.8 Å². The Kier molecular flexibility index (Phi) is 3.57. The molecule has 0 aromatic rings. The fourth-order valence-corrected chi connectivity index (χ4v) is 2.85. The molecule has 4 heteroatoms. The van der Waals surface area contributed by atoms with E-state index in [0.717, 1.165) is 0 Å². The highest BCUT2D eigenvalue weighted by molar-refractivity contribution is 5.84. The Labute approximate surface area is 102 Å². The first kappa shape index (κ1) is 13.0. The van der Waals surface area contributed by atoms with Crippen molar-refractivity contribution in [2.75, 3.05) is 6.61 Å². The van der Waals surface area contributed by atoms with Gasteiger partial charge in [0.2, 0.25) is 0 Å². The zero-order valence-electron chi connectivity index (χ0n) is 10.9. The zero-order valence-corrected chi connectivity index (χ0v) is 10.9. The lowest BCUT2D eigenvalue weighted by molar-refractivity contribution is -0.130. The number of ether oxygens (including phenoxy) is 2. The molecule has 0 bridgehead atoms. The smallest absolute Gasteiger partial charge is 0.161 e. The third-order valence-electron chi connectivity index (χ3n) is 4.45. The van der Waals surface area contributed by atoms with E-state index >= 15 is 0 Å². The van der Waals surface area contributed by atoms with Crippen molar-refractivity contribution in [1.82, 2.24) is 0 Å². The van der Waals surface area contributed by atoms with Crippen molar-refractivity contribution in [3.8, 4) is 0 Å². The molecule has 0 aromatic heterocycles. The van der Waals surface area contributed by atoms with Crippen LogP contribution in [-0.2, 0) is 14.3 Å². The lowest BCUT2D eigenvalue weighted by atomic mass is 9.78. The lowest BCUT2D eigenvalue weighted by Crippen LogP contribution is -2.35. The fourth-order valence-electron chi connectivity index (χ4n) is 2.85. The van der Waals surface area contributed by atoms with Gasteiger partial charge in [-0.2, -0.15) is 0 Å². The number of hydrogen-bond acceptors (Lipinski definition) is 4. The maximum absolute atomic E-state index is 12.3. The molecule has 0 aromatic carbocycles. The molecule has 2 aliphatic heterocycles. The maximum atomic E-state index is 12.3. The van der Waals surface area contributed by atoms with Crippen LogP contribution < -0.4 is 0 Å². The molecule has 0 amide bonds. The monoisotopic (exact) mass is 242 g/mol.